The molecule has 1 fully saturated rings. The third kappa shape index (κ3) is 0.800. The summed E-state index contributed by atoms with van der Waals surface area (Å²) in [5.74, 6) is 0.423. The number of hydrogen-bond donors (Lipinski definition) is 1. The van der Waals surface area contributed by atoms with Gasteiger partial charge in [-0.1, -0.05) is 5.10 Å². The van der Waals surface area contributed by atoms with E-state index in [1.54, 1.807) is 4.68 Å². The minimum atomic E-state index is 0.0909. The molecule has 2 N–H and O–H groups in total. The average Bonchev–Trinajstić information content (AvgIpc) is 2.30. The number of hydrogen-bond acceptors (Lipinski definition) is 4. The van der Waals surface area contributed by atoms with Crippen LogP contribution in [0.1, 0.15) is 26.2 Å². The van der Waals surface area contributed by atoms with Crippen LogP contribution in [0.25, 0.3) is 0 Å². The number of anilines is 1. The Morgan fingerprint density at radius 3 is 2.64 bits per heavy atom. The topological polar surface area (TPSA) is 69.6 Å². The fourth-order valence-corrected chi connectivity index (χ4v) is 1.48. The van der Waals surface area contributed by atoms with E-state index >= 15 is 0 Å². The van der Waals surface area contributed by atoms with Crippen molar-refractivity contribution < 1.29 is 0 Å². The molecule has 1 saturated carbocycles. The van der Waals surface area contributed by atoms with Gasteiger partial charge in [0.25, 0.3) is 0 Å². The van der Waals surface area contributed by atoms with Crippen molar-refractivity contribution in [2.24, 2.45) is 0 Å². The zero-order chi connectivity index (χ0) is 7.90. The lowest BCUT2D eigenvalue weighted by atomic mass is 9.79. The molecule has 1 aromatic heterocycles. The van der Waals surface area contributed by atoms with E-state index in [9.17, 15) is 0 Å². The molecule has 0 atom stereocenters. The van der Waals surface area contributed by atoms with Crippen molar-refractivity contribution in [1.29, 1.82) is 0 Å². The molecule has 1 aromatic rings. The van der Waals surface area contributed by atoms with E-state index in [2.05, 4.69) is 22.4 Å². The molecule has 0 aliphatic heterocycles. The van der Waals surface area contributed by atoms with E-state index in [4.69, 9.17) is 5.73 Å². The minimum absolute atomic E-state index is 0.0909. The van der Waals surface area contributed by atoms with Crippen molar-refractivity contribution >= 4 is 5.95 Å². The number of aromatic nitrogens is 4. The first-order valence-corrected chi connectivity index (χ1v) is 3.77. The molecule has 0 spiro atoms. The van der Waals surface area contributed by atoms with Crippen molar-refractivity contribution in [3.63, 3.8) is 0 Å². The highest BCUT2D eigenvalue weighted by molar-refractivity contribution is 5.14. The van der Waals surface area contributed by atoms with Crippen LogP contribution in [0.3, 0.4) is 0 Å². The summed E-state index contributed by atoms with van der Waals surface area (Å²) < 4.78 is 1.72. The Balaban J connectivity index is 2.35. The van der Waals surface area contributed by atoms with Gasteiger partial charge < -0.3 is 5.73 Å². The van der Waals surface area contributed by atoms with Gasteiger partial charge in [-0.15, -0.1) is 0 Å². The second-order valence-electron chi connectivity index (χ2n) is 3.30. The third-order valence-corrected chi connectivity index (χ3v) is 2.44. The first-order valence-electron chi connectivity index (χ1n) is 3.77. The summed E-state index contributed by atoms with van der Waals surface area (Å²) >= 11 is 0. The molecule has 1 aliphatic carbocycles. The molecule has 0 amide bonds. The van der Waals surface area contributed by atoms with E-state index < -0.39 is 0 Å². The molecule has 5 nitrogen and oxygen atoms in total. The third-order valence-electron chi connectivity index (χ3n) is 2.44. The van der Waals surface area contributed by atoms with Crippen LogP contribution in [-0.2, 0) is 5.54 Å². The summed E-state index contributed by atoms with van der Waals surface area (Å²) in [4.78, 5) is 0. The van der Waals surface area contributed by atoms with Crippen LogP contribution in [-0.4, -0.2) is 20.2 Å². The summed E-state index contributed by atoms with van der Waals surface area (Å²) in [6.45, 7) is 2.13. The molecule has 1 heterocycles. The zero-order valence-corrected chi connectivity index (χ0v) is 6.49. The maximum absolute atomic E-state index is 5.56. The maximum Gasteiger partial charge on any atom is 0.240 e. The summed E-state index contributed by atoms with van der Waals surface area (Å²) in [6.07, 6.45) is 3.50. The Morgan fingerprint density at radius 1 is 1.55 bits per heavy atom. The Bertz CT molecular complexity index is 262. The average molecular weight is 153 g/mol. The predicted octanol–water partition coefficient (Wildman–Crippen LogP) is 0.154. The van der Waals surface area contributed by atoms with Crippen LogP contribution >= 0.6 is 0 Å². The van der Waals surface area contributed by atoms with Gasteiger partial charge in [-0.3, -0.25) is 0 Å². The molecule has 60 valence electrons. The summed E-state index contributed by atoms with van der Waals surface area (Å²) in [7, 11) is 0. The molecule has 0 bridgehead atoms. The van der Waals surface area contributed by atoms with E-state index in [-0.39, 0.29) is 5.54 Å². The van der Waals surface area contributed by atoms with E-state index in [1.807, 2.05) is 0 Å². The molecule has 0 aromatic carbocycles. The normalized spacial score (nSPS) is 21.2. The highest BCUT2D eigenvalue weighted by Gasteiger charge is 2.36. The van der Waals surface area contributed by atoms with Gasteiger partial charge in [0.15, 0.2) is 0 Å². The fraction of sp³-hybridized carbons (Fsp3) is 0.833. The SMILES string of the molecule is CC1(n2nnnc2N)CCC1. The van der Waals surface area contributed by atoms with Crippen LogP contribution in [0, 0.1) is 0 Å². The summed E-state index contributed by atoms with van der Waals surface area (Å²) in [5, 5.41) is 11.0. The smallest absolute Gasteiger partial charge is 0.240 e. The summed E-state index contributed by atoms with van der Waals surface area (Å²) in [6, 6.07) is 0. The van der Waals surface area contributed by atoms with Gasteiger partial charge in [0, 0.05) is 0 Å². The Hall–Kier alpha value is -1.13. The second kappa shape index (κ2) is 1.93. The molecule has 0 unspecified atom stereocenters. The van der Waals surface area contributed by atoms with E-state index in [0.717, 1.165) is 12.8 Å². The Kier molecular flexibility index (Phi) is 1.15. The lowest BCUT2D eigenvalue weighted by Gasteiger charge is -2.37. The van der Waals surface area contributed by atoms with Gasteiger partial charge in [-0.25, -0.2) is 4.68 Å². The van der Waals surface area contributed by atoms with Crippen LogP contribution < -0.4 is 5.73 Å². The number of tetrazole rings is 1. The summed E-state index contributed by atoms with van der Waals surface area (Å²) in [5.41, 5.74) is 5.65. The van der Waals surface area contributed by atoms with Gasteiger partial charge in [0.2, 0.25) is 5.95 Å². The molecule has 5 heteroatoms. The quantitative estimate of drug-likeness (QED) is 0.623. The molecular formula is C6H11N5. The van der Waals surface area contributed by atoms with E-state index in [0.29, 0.717) is 5.95 Å². The zero-order valence-electron chi connectivity index (χ0n) is 6.49. The van der Waals surface area contributed by atoms with Gasteiger partial charge in [-0.05, 0) is 36.6 Å². The highest BCUT2D eigenvalue weighted by atomic mass is 15.6. The van der Waals surface area contributed by atoms with Crippen LogP contribution in [0.4, 0.5) is 5.95 Å². The molecule has 0 saturated heterocycles. The first-order chi connectivity index (χ1) is 5.22. The molecular weight excluding hydrogens is 142 g/mol. The largest absolute Gasteiger partial charge is 0.367 e. The molecule has 0 radical (unpaired) electrons. The monoisotopic (exact) mass is 153 g/mol. The lowest BCUT2D eigenvalue weighted by Crippen LogP contribution is -2.38. The van der Waals surface area contributed by atoms with Crippen molar-refractivity contribution in [1.82, 2.24) is 20.2 Å². The van der Waals surface area contributed by atoms with Crippen LogP contribution in [0.5, 0.6) is 0 Å². The standard InChI is InChI=1S/C6H11N5/c1-6(3-2-4-6)11-5(7)8-9-10-11/h2-4H2,1H3,(H2,7,8,10). The Morgan fingerprint density at radius 2 is 2.27 bits per heavy atom. The predicted molar refractivity (Wildman–Crippen MR) is 39.7 cm³/mol. The second-order valence-corrected chi connectivity index (χ2v) is 3.30. The maximum atomic E-state index is 5.56. The van der Waals surface area contributed by atoms with Crippen molar-refractivity contribution in [2.75, 3.05) is 5.73 Å². The van der Waals surface area contributed by atoms with Crippen molar-refractivity contribution in [3.8, 4) is 0 Å². The van der Waals surface area contributed by atoms with Crippen LogP contribution in [0.2, 0.25) is 0 Å². The van der Waals surface area contributed by atoms with Gasteiger partial charge in [0.1, 0.15) is 0 Å². The number of rotatable bonds is 1. The Labute approximate surface area is 64.6 Å². The first kappa shape index (κ1) is 6.57. The highest BCUT2D eigenvalue weighted by Crippen LogP contribution is 2.38. The van der Waals surface area contributed by atoms with Gasteiger partial charge in [-0.2, -0.15) is 0 Å². The van der Waals surface area contributed by atoms with Gasteiger partial charge >= 0.3 is 0 Å². The minimum Gasteiger partial charge on any atom is -0.367 e. The number of nitrogen functional groups attached to an aromatic ring is 1. The number of nitrogens with zero attached hydrogens (tertiary/aromatic N) is 4. The van der Waals surface area contributed by atoms with E-state index in [1.165, 1.54) is 6.42 Å². The van der Waals surface area contributed by atoms with Crippen molar-refractivity contribution in [3.05, 3.63) is 0 Å². The molecule has 2 rings (SSSR count). The molecule has 11 heavy (non-hydrogen) atoms. The lowest BCUT2D eigenvalue weighted by molar-refractivity contribution is 0.149. The van der Waals surface area contributed by atoms with Gasteiger partial charge in [0.05, 0.1) is 5.54 Å². The molecule has 1 aliphatic rings. The fourth-order valence-electron chi connectivity index (χ4n) is 1.48. The van der Waals surface area contributed by atoms with Crippen LogP contribution in [0.15, 0.2) is 0 Å². The number of nitrogens with two attached hydrogens (primary N) is 1. The van der Waals surface area contributed by atoms with Crippen molar-refractivity contribution in [2.45, 2.75) is 31.7 Å².